The van der Waals surface area contributed by atoms with Crippen LogP contribution in [0.5, 0.6) is 0 Å². The van der Waals surface area contributed by atoms with Crippen molar-refractivity contribution < 1.29 is 22.4 Å². The van der Waals surface area contributed by atoms with Gasteiger partial charge < -0.3 is 10.2 Å². The van der Waals surface area contributed by atoms with Gasteiger partial charge in [-0.3, -0.25) is 13.9 Å². The zero-order valence-electron chi connectivity index (χ0n) is 25.0. The van der Waals surface area contributed by atoms with Crippen LogP contribution in [0.25, 0.3) is 0 Å². The maximum absolute atomic E-state index is 14.8. The Kier molecular flexibility index (Phi) is 12.1. The predicted octanol–water partition coefficient (Wildman–Crippen LogP) is 5.55. The minimum atomic E-state index is -3.62. The molecule has 0 aliphatic carbocycles. The molecule has 0 spiro atoms. The lowest BCUT2D eigenvalue weighted by atomic mass is 10.0. The van der Waals surface area contributed by atoms with E-state index in [-0.39, 0.29) is 44.2 Å². The van der Waals surface area contributed by atoms with E-state index in [4.69, 9.17) is 0 Å². The van der Waals surface area contributed by atoms with Crippen LogP contribution in [0.2, 0.25) is 0 Å². The van der Waals surface area contributed by atoms with Crippen LogP contribution in [0.15, 0.2) is 72.8 Å². The standard InChI is InChI=1S/C33H42FN3O4S/c1-5-6-21-35-33(39)31(23-27-15-8-7-9-16-27)36(24-28-17-10-11-18-29(28)34)32(38)20-13-22-37(42(4,40)41)30-19-12-14-25(2)26(30)3/h7-12,14-19,31H,5-6,13,20-24H2,1-4H3,(H,35,39)/t31-/m1/s1. The average Bonchev–Trinajstić information content (AvgIpc) is 2.95. The molecule has 7 nitrogen and oxygen atoms in total. The summed E-state index contributed by atoms with van der Waals surface area (Å²) in [5, 5.41) is 2.95. The summed E-state index contributed by atoms with van der Waals surface area (Å²) in [5.41, 5.74) is 3.56. The van der Waals surface area contributed by atoms with Crippen LogP contribution in [0, 0.1) is 19.7 Å². The lowest BCUT2D eigenvalue weighted by molar-refractivity contribution is -0.141. The van der Waals surface area contributed by atoms with E-state index in [1.807, 2.05) is 63.2 Å². The van der Waals surface area contributed by atoms with Crippen LogP contribution in [0.1, 0.15) is 54.9 Å². The number of amides is 2. The molecule has 1 N–H and O–H groups in total. The van der Waals surface area contributed by atoms with E-state index >= 15 is 0 Å². The number of unbranched alkanes of at least 4 members (excludes halogenated alkanes) is 1. The number of benzene rings is 3. The number of anilines is 1. The van der Waals surface area contributed by atoms with Gasteiger partial charge in [-0.1, -0.05) is 74.0 Å². The number of nitrogens with zero attached hydrogens (tertiary/aromatic N) is 2. The molecule has 0 unspecified atom stereocenters. The number of carbonyl (C=O) groups is 2. The molecule has 0 aliphatic heterocycles. The minimum absolute atomic E-state index is 0.0150. The molecule has 2 amide bonds. The van der Waals surface area contributed by atoms with Crippen molar-refractivity contribution in [2.45, 2.75) is 65.5 Å². The van der Waals surface area contributed by atoms with E-state index in [9.17, 15) is 22.4 Å². The van der Waals surface area contributed by atoms with Gasteiger partial charge in [-0.05, 0) is 55.5 Å². The highest BCUT2D eigenvalue weighted by Crippen LogP contribution is 2.26. The van der Waals surface area contributed by atoms with Crippen molar-refractivity contribution in [2.75, 3.05) is 23.7 Å². The number of carbonyl (C=O) groups excluding carboxylic acids is 2. The normalized spacial score (nSPS) is 12.0. The SMILES string of the molecule is CCCCNC(=O)[C@@H](Cc1ccccc1)N(Cc1ccccc1F)C(=O)CCCN(c1cccc(C)c1C)S(C)(=O)=O. The van der Waals surface area contributed by atoms with Crippen LogP contribution < -0.4 is 9.62 Å². The van der Waals surface area contributed by atoms with E-state index in [2.05, 4.69) is 5.32 Å². The second-order valence-corrected chi connectivity index (χ2v) is 12.5. The molecule has 3 aromatic rings. The molecule has 3 aromatic carbocycles. The van der Waals surface area contributed by atoms with E-state index < -0.39 is 21.9 Å². The van der Waals surface area contributed by atoms with Crippen molar-refractivity contribution in [1.82, 2.24) is 10.2 Å². The smallest absolute Gasteiger partial charge is 0.243 e. The summed E-state index contributed by atoms with van der Waals surface area (Å²) < 4.78 is 41.6. The Bertz CT molecular complexity index is 1450. The van der Waals surface area contributed by atoms with Gasteiger partial charge in [-0.25, -0.2) is 12.8 Å². The highest BCUT2D eigenvalue weighted by atomic mass is 32.2. The molecule has 0 heterocycles. The third-order valence-corrected chi connectivity index (χ3v) is 8.58. The Morgan fingerprint density at radius 3 is 2.29 bits per heavy atom. The molecule has 0 fully saturated rings. The highest BCUT2D eigenvalue weighted by Gasteiger charge is 2.31. The van der Waals surface area contributed by atoms with E-state index in [1.54, 1.807) is 24.3 Å². The van der Waals surface area contributed by atoms with Crippen LogP contribution in [0.4, 0.5) is 10.1 Å². The Balaban J connectivity index is 1.90. The van der Waals surface area contributed by atoms with Crippen LogP contribution in [0.3, 0.4) is 0 Å². The van der Waals surface area contributed by atoms with Crippen molar-refractivity contribution >= 4 is 27.5 Å². The van der Waals surface area contributed by atoms with Gasteiger partial charge in [0, 0.05) is 38.0 Å². The monoisotopic (exact) mass is 595 g/mol. The summed E-state index contributed by atoms with van der Waals surface area (Å²) in [4.78, 5) is 28.8. The van der Waals surface area contributed by atoms with Gasteiger partial charge in [0.2, 0.25) is 21.8 Å². The van der Waals surface area contributed by atoms with Gasteiger partial charge in [0.05, 0.1) is 11.9 Å². The molecular formula is C33H42FN3O4S. The second-order valence-electron chi connectivity index (χ2n) is 10.6. The fraction of sp³-hybridized carbons (Fsp3) is 0.394. The Morgan fingerprint density at radius 2 is 1.62 bits per heavy atom. The summed E-state index contributed by atoms with van der Waals surface area (Å²) >= 11 is 0. The first-order valence-corrected chi connectivity index (χ1v) is 16.3. The third kappa shape index (κ3) is 9.14. The number of sulfonamides is 1. The zero-order chi connectivity index (χ0) is 30.7. The van der Waals surface area contributed by atoms with Gasteiger partial charge >= 0.3 is 0 Å². The van der Waals surface area contributed by atoms with Crippen molar-refractivity contribution in [3.8, 4) is 0 Å². The molecule has 226 valence electrons. The van der Waals surface area contributed by atoms with E-state index in [0.717, 1.165) is 35.8 Å². The van der Waals surface area contributed by atoms with Crippen LogP contribution in [-0.4, -0.2) is 50.5 Å². The van der Waals surface area contributed by atoms with Gasteiger partial charge in [0.15, 0.2) is 0 Å². The number of aryl methyl sites for hydroxylation is 1. The molecule has 3 rings (SSSR count). The quantitative estimate of drug-likeness (QED) is 0.234. The third-order valence-electron chi connectivity index (χ3n) is 7.40. The first-order valence-electron chi connectivity index (χ1n) is 14.4. The summed E-state index contributed by atoms with van der Waals surface area (Å²) in [5.74, 6) is -1.11. The van der Waals surface area contributed by atoms with Crippen molar-refractivity contribution in [3.05, 3.63) is 101 Å². The fourth-order valence-corrected chi connectivity index (χ4v) is 5.87. The minimum Gasteiger partial charge on any atom is -0.354 e. The summed E-state index contributed by atoms with van der Waals surface area (Å²) in [7, 11) is -3.62. The maximum Gasteiger partial charge on any atom is 0.243 e. The number of hydrogen-bond acceptors (Lipinski definition) is 4. The summed E-state index contributed by atoms with van der Waals surface area (Å²) in [6.07, 6.45) is 3.32. The van der Waals surface area contributed by atoms with Crippen molar-refractivity contribution in [3.63, 3.8) is 0 Å². The molecule has 42 heavy (non-hydrogen) atoms. The second kappa shape index (κ2) is 15.5. The van der Waals surface area contributed by atoms with Gasteiger partial charge in [-0.2, -0.15) is 0 Å². The molecule has 0 radical (unpaired) electrons. The molecule has 0 aromatic heterocycles. The number of hydrogen-bond donors (Lipinski definition) is 1. The zero-order valence-corrected chi connectivity index (χ0v) is 25.8. The van der Waals surface area contributed by atoms with Crippen molar-refractivity contribution in [1.29, 1.82) is 0 Å². The van der Waals surface area contributed by atoms with Crippen molar-refractivity contribution in [2.24, 2.45) is 0 Å². The molecular weight excluding hydrogens is 553 g/mol. The number of halogens is 1. The maximum atomic E-state index is 14.8. The van der Waals surface area contributed by atoms with Crippen LogP contribution >= 0.6 is 0 Å². The topological polar surface area (TPSA) is 86.8 Å². The molecule has 1 atom stereocenters. The first kappa shape index (κ1) is 32.8. The number of rotatable bonds is 15. The molecule has 0 saturated carbocycles. The van der Waals surface area contributed by atoms with Gasteiger partial charge in [0.25, 0.3) is 0 Å². The molecule has 9 heteroatoms. The highest BCUT2D eigenvalue weighted by molar-refractivity contribution is 7.92. The summed E-state index contributed by atoms with van der Waals surface area (Å²) in [6, 6.07) is 20.2. The lowest BCUT2D eigenvalue weighted by Crippen LogP contribution is -2.50. The predicted molar refractivity (Wildman–Crippen MR) is 166 cm³/mol. The average molecular weight is 596 g/mol. The van der Waals surface area contributed by atoms with E-state index in [1.165, 1.54) is 15.3 Å². The Hall–Kier alpha value is -3.72. The van der Waals surface area contributed by atoms with Crippen LogP contribution in [-0.2, 0) is 32.6 Å². The summed E-state index contributed by atoms with van der Waals surface area (Å²) in [6.45, 7) is 6.30. The number of nitrogens with one attached hydrogen (secondary N) is 1. The first-order chi connectivity index (χ1) is 20.0. The van der Waals surface area contributed by atoms with Gasteiger partial charge in [0.1, 0.15) is 11.9 Å². The largest absolute Gasteiger partial charge is 0.354 e. The lowest BCUT2D eigenvalue weighted by Gasteiger charge is -2.32. The molecule has 0 bridgehead atoms. The Morgan fingerprint density at radius 1 is 0.929 bits per heavy atom. The molecule has 0 aliphatic rings. The molecule has 0 saturated heterocycles. The fourth-order valence-electron chi connectivity index (χ4n) is 4.86. The van der Waals surface area contributed by atoms with E-state index in [0.29, 0.717) is 17.8 Å². The Labute approximate surface area is 249 Å². The van der Waals surface area contributed by atoms with Gasteiger partial charge in [-0.15, -0.1) is 0 Å².